The van der Waals surface area contributed by atoms with Gasteiger partial charge in [-0.1, -0.05) is 77.4 Å². The quantitative estimate of drug-likeness (QED) is 0.371. The number of hydrogen-bond donors (Lipinski definition) is 0. The van der Waals surface area contributed by atoms with E-state index in [2.05, 4.69) is 67.5 Å². The number of rotatable bonds is 4. The lowest BCUT2D eigenvalue weighted by atomic mass is 9.66. The zero-order valence-electron chi connectivity index (χ0n) is 21.3. The Balaban J connectivity index is 2.84. The molecule has 1 aliphatic carbocycles. The van der Waals surface area contributed by atoms with Gasteiger partial charge in [-0.25, -0.2) is 9.78 Å². The largest absolute Gasteiger partial charge is 0.289 e. The van der Waals surface area contributed by atoms with Crippen LogP contribution in [-0.4, -0.2) is 17.0 Å². The van der Waals surface area contributed by atoms with Crippen molar-refractivity contribution < 1.29 is 14.6 Å². The lowest BCUT2D eigenvalue weighted by Gasteiger charge is -2.44. The van der Waals surface area contributed by atoms with E-state index in [-0.39, 0.29) is 16.6 Å². The average molecular weight is 425 g/mol. The van der Waals surface area contributed by atoms with Gasteiger partial charge in [0, 0.05) is 16.6 Å². The third-order valence-corrected chi connectivity index (χ3v) is 5.45. The third kappa shape index (κ3) is 5.64. The minimum atomic E-state index is -0.901. The number of hydrogen-bond acceptors (Lipinski definition) is 3. The molecule has 3 nitrogen and oxygen atoms in total. The average Bonchev–Trinajstić information content (AvgIpc) is 2.60. The summed E-state index contributed by atoms with van der Waals surface area (Å²) in [5, 5.41) is 0. The SMILES string of the molecule is CC(C)=C(C1=CC(OOC(C)(C)C)(C(C)(C)C)C=C(C(C)(C)C)C1=O)c1ccccc1. The van der Waals surface area contributed by atoms with Gasteiger partial charge >= 0.3 is 0 Å². The highest BCUT2D eigenvalue weighted by Gasteiger charge is 2.48. The molecule has 0 aromatic heterocycles. The summed E-state index contributed by atoms with van der Waals surface area (Å²) in [5.41, 5.74) is 2.39. The van der Waals surface area contributed by atoms with Gasteiger partial charge in [0.05, 0.1) is 5.60 Å². The minimum Gasteiger partial charge on any atom is -0.289 e. The number of benzene rings is 1. The predicted octanol–water partition coefficient (Wildman–Crippen LogP) is 7.49. The lowest BCUT2D eigenvalue weighted by molar-refractivity contribution is -0.398. The van der Waals surface area contributed by atoms with Crippen LogP contribution in [-0.2, 0) is 14.6 Å². The summed E-state index contributed by atoms with van der Waals surface area (Å²) < 4.78 is 0. The molecule has 0 amide bonds. The van der Waals surface area contributed by atoms with E-state index in [9.17, 15) is 4.79 Å². The Kier molecular flexibility index (Phi) is 6.95. The summed E-state index contributed by atoms with van der Waals surface area (Å²) in [5.74, 6) is 0.0480. The Morgan fingerprint density at radius 1 is 0.839 bits per heavy atom. The molecular weight excluding hydrogens is 384 g/mol. The first-order valence-corrected chi connectivity index (χ1v) is 11.1. The zero-order chi connectivity index (χ0) is 23.8. The molecule has 0 radical (unpaired) electrons. The Bertz CT molecular complexity index is 906. The van der Waals surface area contributed by atoms with Crippen molar-refractivity contribution in [1.29, 1.82) is 0 Å². The Labute approximate surface area is 189 Å². The van der Waals surface area contributed by atoms with Gasteiger partial charge in [-0.15, -0.1) is 0 Å². The van der Waals surface area contributed by atoms with Crippen LogP contribution in [0.5, 0.6) is 0 Å². The van der Waals surface area contributed by atoms with E-state index in [0.29, 0.717) is 5.57 Å². The smallest absolute Gasteiger partial charge is 0.189 e. The molecular formula is C28H40O3. The molecule has 1 atom stereocenters. The number of ketones is 1. The fourth-order valence-corrected chi connectivity index (χ4v) is 3.61. The molecule has 0 bridgehead atoms. The van der Waals surface area contributed by atoms with Crippen molar-refractivity contribution >= 4 is 11.4 Å². The number of Topliss-reactive ketones (excluding diaryl/α,β-unsaturated/α-hetero) is 1. The molecule has 31 heavy (non-hydrogen) atoms. The second-order valence-electron chi connectivity index (χ2n) is 11.8. The molecule has 0 spiro atoms. The van der Waals surface area contributed by atoms with Crippen LogP contribution in [0.4, 0.5) is 0 Å². The van der Waals surface area contributed by atoms with Crippen LogP contribution in [0.2, 0.25) is 0 Å². The monoisotopic (exact) mass is 424 g/mol. The molecule has 0 saturated heterocycles. The molecule has 170 valence electrons. The van der Waals surface area contributed by atoms with Gasteiger partial charge in [-0.2, -0.15) is 0 Å². The van der Waals surface area contributed by atoms with Crippen LogP contribution < -0.4 is 0 Å². The van der Waals surface area contributed by atoms with Crippen LogP contribution >= 0.6 is 0 Å². The zero-order valence-corrected chi connectivity index (χ0v) is 21.3. The van der Waals surface area contributed by atoms with Crippen LogP contribution in [0, 0.1) is 10.8 Å². The van der Waals surface area contributed by atoms with E-state index in [0.717, 1.165) is 22.3 Å². The summed E-state index contributed by atoms with van der Waals surface area (Å²) in [7, 11) is 0. The summed E-state index contributed by atoms with van der Waals surface area (Å²) in [6.45, 7) is 22.5. The fourth-order valence-electron chi connectivity index (χ4n) is 3.61. The first-order chi connectivity index (χ1) is 14.0. The highest BCUT2D eigenvalue weighted by Crippen LogP contribution is 2.47. The van der Waals surface area contributed by atoms with Crippen molar-refractivity contribution in [1.82, 2.24) is 0 Å². The minimum absolute atomic E-state index is 0.0480. The van der Waals surface area contributed by atoms with Gasteiger partial charge in [0.15, 0.2) is 5.78 Å². The number of carbonyl (C=O) groups is 1. The Morgan fingerprint density at radius 3 is 1.81 bits per heavy atom. The highest BCUT2D eigenvalue weighted by atomic mass is 17.2. The molecule has 1 unspecified atom stereocenters. The van der Waals surface area contributed by atoms with Crippen molar-refractivity contribution in [2.45, 2.75) is 87.4 Å². The molecule has 1 aromatic rings. The third-order valence-electron chi connectivity index (χ3n) is 5.45. The summed E-state index contributed by atoms with van der Waals surface area (Å²) in [6.07, 6.45) is 3.96. The Hall–Kier alpha value is -1.97. The fraction of sp³-hybridized carbons (Fsp3) is 0.536. The highest BCUT2D eigenvalue weighted by molar-refractivity contribution is 6.20. The van der Waals surface area contributed by atoms with Gasteiger partial charge in [0.2, 0.25) is 0 Å². The van der Waals surface area contributed by atoms with E-state index in [1.54, 1.807) is 0 Å². The normalized spacial score (nSPS) is 20.3. The van der Waals surface area contributed by atoms with Gasteiger partial charge in [-0.05, 0) is 63.3 Å². The number of allylic oxidation sites excluding steroid dienone is 4. The maximum absolute atomic E-state index is 13.8. The summed E-state index contributed by atoms with van der Waals surface area (Å²) >= 11 is 0. The second-order valence-corrected chi connectivity index (χ2v) is 11.8. The van der Waals surface area contributed by atoms with Gasteiger partial charge in [0.1, 0.15) is 5.60 Å². The van der Waals surface area contributed by atoms with Crippen molar-refractivity contribution in [3.05, 3.63) is 64.8 Å². The summed E-state index contributed by atoms with van der Waals surface area (Å²) in [6, 6.07) is 10.1. The molecule has 0 saturated carbocycles. The van der Waals surface area contributed by atoms with Crippen molar-refractivity contribution in [3.63, 3.8) is 0 Å². The molecule has 0 heterocycles. The molecule has 3 heteroatoms. The van der Waals surface area contributed by atoms with Crippen molar-refractivity contribution in [2.24, 2.45) is 10.8 Å². The van der Waals surface area contributed by atoms with E-state index in [1.807, 2.05) is 51.1 Å². The van der Waals surface area contributed by atoms with Gasteiger partial charge in [0.25, 0.3) is 0 Å². The van der Waals surface area contributed by atoms with E-state index < -0.39 is 11.2 Å². The maximum Gasteiger partial charge on any atom is 0.189 e. The van der Waals surface area contributed by atoms with E-state index in [1.165, 1.54) is 0 Å². The Morgan fingerprint density at radius 2 is 1.39 bits per heavy atom. The predicted molar refractivity (Wildman–Crippen MR) is 129 cm³/mol. The summed E-state index contributed by atoms with van der Waals surface area (Å²) in [4.78, 5) is 26.0. The van der Waals surface area contributed by atoms with Crippen LogP contribution in [0.15, 0.2) is 59.2 Å². The van der Waals surface area contributed by atoms with E-state index in [4.69, 9.17) is 9.78 Å². The topological polar surface area (TPSA) is 35.5 Å². The maximum atomic E-state index is 13.8. The molecule has 1 aliphatic rings. The first-order valence-electron chi connectivity index (χ1n) is 11.1. The standard InChI is InChI=1S/C28H40O3/c1-19(2)23(20-15-13-12-14-16-20)21-17-28(26(6,7)8,31-30-27(9,10)11)18-22(24(21)29)25(3,4)5/h12-18H,1-11H3. The molecule has 0 N–H and O–H groups in total. The van der Waals surface area contributed by atoms with Crippen LogP contribution in [0.1, 0.15) is 81.7 Å². The van der Waals surface area contributed by atoms with Gasteiger partial charge < -0.3 is 0 Å². The van der Waals surface area contributed by atoms with E-state index >= 15 is 0 Å². The van der Waals surface area contributed by atoms with Crippen molar-refractivity contribution in [2.75, 3.05) is 0 Å². The molecule has 0 fully saturated rings. The van der Waals surface area contributed by atoms with Crippen LogP contribution in [0.3, 0.4) is 0 Å². The molecule has 2 rings (SSSR count). The van der Waals surface area contributed by atoms with Gasteiger partial charge in [-0.3, -0.25) is 4.79 Å². The second kappa shape index (κ2) is 8.52. The lowest BCUT2D eigenvalue weighted by Crippen LogP contribution is -2.47. The molecule has 1 aromatic carbocycles. The first kappa shape index (κ1) is 25.3. The number of carbonyl (C=O) groups excluding carboxylic acids is 1. The van der Waals surface area contributed by atoms with Crippen LogP contribution in [0.25, 0.3) is 5.57 Å². The molecule has 0 aliphatic heterocycles. The van der Waals surface area contributed by atoms with Crippen molar-refractivity contribution in [3.8, 4) is 0 Å².